The number of amides is 3. The molecule has 1 aromatic rings. The molecule has 0 unspecified atom stereocenters. The number of alkyl halides is 2. The zero-order chi connectivity index (χ0) is 22.7. The molecule has 1 aromatic carbocycles. The second kappa shape index (κ2) is 9.18. The van der Waals surface area contributed by atoms with E-state index in [-0.39, 0.29) is 44.3 Å². The molecule has 13 heteroatoms. The molecule has 0 radical (unpaired) electrons. The van der Waals surface area contributed by atoms with E-state index < -0.39 is 41.9 Å². The lowest BCUT2D eigenvalue weighted by atomic mass is 10.2. The smallest absolute Gasteiger partial charge is 0.414 e. The van der Waals surface area contributed by atoms with Crippen molar-refractivity contribution in [3.8, 4) is 0 Å². The van der Waals surface area contributed by atoms with E-state index in [1.807, 2.05) is 0 Å². The maximum absolute atomic E-state index is 14.8. The average Bonchev–Trinajstić information content (AvgIpc) is 2.91. The maximum Gasteiger partial charge on any atom is 0.414 e. The van der Waals surface area contributed by atoms with E-state index in [1.165, 1.54) is 6.92 Å². The average molecular weight is 445 g/mol. The first-order valence-corrected chi connectivity index (χ1v) is 9.26. The van der Waals surface area contributed by atoms with E-state index in [0.29, 0.717) is 0 Å². The molecule has 1 fully saturated rings. The van der Waals surface area contributed by atoms with Crippen molar-refractivity contribution in [2.24, 2.45) is 5.10 Å². The van der Waals surface area contributed by atoms with Crippen LogP contribution in [0.25, 0.3) is 0 Å². The lowest BCUT2D eigenvalue weighted by molar-refractivity contribution is -0.141. The number of hydrogen-bond acceptors (Lipinski definition) is 6. The van der Waals surface area contributed by atoms with Crippen LogP contribution in [0.2, 0.25) is 0 Å². The highest BCUT2D eigenvalue weighted by atomic mass is 19.3. The molecule has 2 heterocycles. The molecule has 2 aliphatic heterocycles. The highest BCUT2D eigenvalue weighted by Gasteiger charge is 2.34. The number of nitrogens with one attached hydrogen (secondary N) is 1. The number of halogens is 4. The van der Waals surface area contributed by atoms with Crippen molar-refractivity contribution in [3.63, 3.8) is 0 Å². The molecule has 2 aliphatic rings. The molecule has 3 amide bonds. The molecule has 9 nitrogen and oxygen atoms in total. The summed E-state index contributed by atoms with van der Waals surface area (Å²) in [5, 5.41) is 7.26. The highest BCUT2D eigenvalue weighted by Crippen LogP contribution is 2.31. The first-order valence-electron chi connectivity index (χ1n) is 9.26. The van der Waals surface area contributed by atoms with Gasteiger partial charge in [0.25, 0.3) is 5.91 Å². The highest BCUT2D eigenvalue weighted by molar-refractivity contribution is 5.90. The fourth-order valence-electron chi connectivity index (χ4n) is 3.16. The molecular formula is C18H19F4N5O4. The minimum absolute atomic E-state index is 0.0239. The molecule has 0 bridgehead atoms. The van der Waals surface area contributed by atoms with Crippen LogP contribution in [-0.4, -0.2) is 74.3 Å². The molecule has 0 spiro atoms. The molecule has 168 valence electrons. The van der Waals surface area contributed by atoms with E-state index in [9.17, 15) is 31.9 Å². The normalized spacial score (nSPS) is 19.0. The van der Waals surface area contributed by atoms with Gasteiger partial charge in [0.05, 0.1) is 31.9 Å². The van der Waals surface area contributed by atoms with Crippen LogP contribution in [0.15, 0.2) is 17.2 Å². The zero-order valence-corrected chi connectivity index (χ0v) is 16.4. The van der Waals surface area contributed by atoms with Gasteiger partial charge in [-0.25, -0.2) is 13.6 Å². The summed E-state index contributed by atoms with van der Waals surface area (Å²) in [6, 6.07) is 1.84. The Morgan fingerprint density at radius 1 is 1.26 bits per heavy atom. The Kier molecular flexibility index (Phi) is 6.61. The van der Waals surface area contributed by atoms with E-state index in [1.54, 1.807) is 0 Å². The molecule has 0 aromatic heterocycles. The summed E-state index contributed by atoms with van der Waals surface area (Å²) in [5.74, 6) is -3.80. The van der Waals surface area contributed by atoms with Crippen LogP contribution >= 0.6 is 0 Å². The molecule has 31 heavy (non-hydrogen) atoms. The van der Waals surface area contributed by atoms with Gasteiger partial charge in [0.2, 0.25) is 5.91 Å². The Hall–Kier alpha value is -3.38. The molecule has 3 rings (SSSR count). The number of ether oxygens (including phenoxy) is 1. The third-order valence-electron chi connectivity index (χ3n) is 4.63. The number of hydrogen-bond donors (Lipinski definition) is 1. The quantitative estimate of drug-likeness (QED) is 0.691. The standard InChI is InChI=1S/C18H19F4N5O4/c1-10(28)23-8-12-9-26(18(30)31-12)11-6-13(19)15(14(20)7-11)27-5-4-25(3-2-24-27)17(29)16(21)22/h2,6-7,12,16H,3-5,8-9H2,1H3,(H,23,28)/t12-/m0/s1. The topological polar surface area (TPSA) is 94.5 Å². The van der Waals surface area contributed by atoms with Gasteiger partial charge >= 0.3 is 12.5 Å². The van der Waals surface area contributed by atoms with Gasteiger partial charge in [-0.05, 0) is 0 Å². The summed E-state index contributed by atoms with van der Waals surface area (Å²) >= 11 is 0. The third kappa shape index (κ3) is 5.03. The molecule has 0 saturated carbocycles. The Balaban J connectivity index is 1.75. The fourth-order valence-corrected chi connectivity index (χ4v) is 3.16. The summed E-state index contributed by atoms with van der Waals surface area (Å²) in [5.41, 5.74) is -0.643. The van der Waals surface area contributed by atoms with E-state index in [2.05, 4.69) is 10.4 Å². The Labute approximate surface area is 174 Å². The molecule has 0 aliphatic carbocycles. The largest absolute Gasteiger partial charge is 0.442 e. The fraction of sp³-hybridized carbons (Fsp3) is 0.444. The summed E-state index contributed by atoms with van der Waals surface area (Å²) in [6.07, 6.45) is -3.60. The van der Waals surface area contributed by atoms with Gasteiger partial charge in [-0.2, -0.15) is 13.9 Å². The second-order valence-electron chi connectivity index (χ2n) is 6.82. The van der Waals surface area contributed by atoms with Gasteiger partial charge in [-0.3, -0.25) is 19.5 Å². The van der Waals surface area contributed by atoms with Crippen LogP contribution in [-0.2, 0) is 14.3 Å². The van der Waals surface area contributed by atoms with Gasteiger partial charge in [-0.15, -0.1) is 0 Å². The number of benzene rings is 1. The Morgan fingerprint density at radius 2 is 1.94 bits per heavy atom. The molecule has 1 atom stereocenters. The summed E-state index contributed by atoms with van der Waals surface area (Å²) in [4.78, 5) is 36.3. The van der Waals surface area contributed by atoms with Crippen molar-refractivity contribution in [1.29, 1.82) is 0 Å². The van der Waals surface area contributed by atoms with Crippen molar-refractivity contribution < 1.29 is 36.7 Å². The molecular weight excluding hydrogens is 426 g/mol. The maximum atomic E-state index is 14.8. The minimum atomic E-state index is -3.19. The summed E-state index contributed by atoms with van der Waals surface area (Å²) in [6.45, 7) is 0.670. The van der Waals surface area contributed by atoms with Crippen LogP contribution in [0.3, 0.4) is 0 Å². The van der Waals surface area contributed by atoms with Gasteiger partial charge in [-0.1, -0.05) is 0 Å². The monoisotopic (exact) mass is 445 g/mol. The first-order chi connectivity index (χ1) is 14.7. The van der Waals surface area contributed by atoms with Crippen molar-refractivity contribution >= 4 is 35.5 Å². The lowest BCUT2D eigenvalue weighted by Crippen LogP contribution is -2.39. The zero-order valence-electron chi connectivity index (χ0n) is 16.4. The summed E-state index contributed by atoms with van der Waals surface area (Å²) in [7, 11) is 0. The van der Waals surface area contributed by atoms with Crippen LogP contribution in [0, 0.1) is 11.6 Å². The predicted octanol–water partition coefficient (Wildman–Crippen LogP) is 1.33. The van der Waals surface area contributed by atoms with Gasteiger partial charge in [0.1, 0.15) is 11.8 Å². The van der Waals surface area contributed by atoms with Crippen LogP contribution in [0.1, 0.15) is 6.92 Å². The lowest BCUT2D eigenvalue weighted by Gasteiger charge is -2.23. The number of rotatable bonds is 5. The van der Waals surface area contributed by atoms with Crippen LogP contribution in [0.4, 0.5) is 33.7 Å². The van der Waals surface area contributed by atoms with Gasteiger partial charge in [0, 0.05) is 31.8 Å². The van der Waals surface area contributed by atoms with Crippen molar-refractivity contribution in [3.05, 3.63) is 23.8 Å². The number of hydrazone groups is 1. The van der Waals surface area contributed by atoms with Crippen LogP contribution < -0.4 is 15.2 Å². The van der Waals surface area contributed by atoms with Gasteiger partial charge in [0.15, 0.2) is 11.6 Å². The third-order valence-corrected chi connectivity index (χ3v) is 4.63. The molecule has 1 N–H and O–H groups in total. The number of anilines is 2. The molecule has 1 saturated heterocycles. The second-order valence-corrected chi connectivity index (χ2v) is 6.82. The Morgan fingerprint density at radius 3 is 2.55 bits per heavy atom. The Bertz CT molecular complexity index is 890. The van der Waals surface area contributed by atoms with E-state index in [0.717, 1.165) is 33.2 Å². The van der Waals surface area contributed by atoms with Crippen molar-refractivity contribution in [1.82, 2.24) is 10.2 Å². The van der Waals surface area contributed by atoms with Crippen molar-refractivity contribution in [2.45, 2.75) is 19.5 Å². The number of carbonyl (C=O) groups excluding carboxylic acids is 3. The van der Waals surface area contributed by atoms with Gasteiger partial charge < -0.3 is 15.0 Å². The minimum Gasteiger partial charge on any atom is -0.442 e. The predicted molar refractivity (Wildman–Crippen MR) is 101 cm³/mol. The number of carbonyl (C=O) groups is 3. The van der Waals surface area contributed by atoms with E-state index >= 15 is 0 Å². The first kappa shape index (κ1) is 22.3. The summed E-state index contributed by atoms with van der Waals surface area (Å²) < 4.78 is 59.8. The van der Waals surface area contributed by atoms with Crippen molar-refractivity contribution in [2.75, 3.05) is 42.6 Å². The number of nitrogens with zero attached hydrogens (tertiary/aromatic N) is 4. The van der Waals surface area contributed by atoms with Crippen LogP contribution in [0.5, 0.6) is 0 Å². The number of cyclic esters (lactones) is 1. The van der Waals surface area contributed by atoms with E-state index in [4.69, 9.17) is 4.74 Å². The SMILES string of the molecule is CC(=O)NC[C@H]1CN(c2cc(F)c(N3CCN(C(=O)C(F)F)CC=N3)c(F)c2)C(=O)O1.